The van der Waals surface area contributed by atoms with Crippen LogP contribution in [0, 0.1) is 0 Å². The third-order valence-corrected chi connectivity index (χ3v) is 2.58. The summed E-state index contributed by atoms with van der Waals surface area (Å²) in [6, 6.07) is 0. The maximum atomic E-state index is 10.5. The van der Waals surface area contributed by atoms with Crippen molar-refractivity contribution in [3.8, 4) is 0 Å². The van der Waals surface area contributed by atoms with E-state index in [-0.39, 0.29) is 29.9 Å². The Morgan fingerprint density at radius 1 is 1.38 bits per heavy atom. The minimum absolute atomic E-state index is 0. The number of likely N-dealkylation sites (tertiary alicyclic amines) is 1. The summed E-state index contributed by atoms with van der Waals surface area (Å²) in [4.78, 5) is 10.5. The monoisotopic (exact) mass is 299 g/mol. The van der Waals surface area contributed by atoms with E-state index in [1.54, 1.807) is 0 Å². The Bertz CT molecular complexity index is 167. The molecule has 0 radical (unpaired) electrons. The van der Waals surface area contributed by atoms with Crippen LogP contribution in [0.3, 0.4) is 0 Å². The van der Waals surface area contributed by atoms with Crippen molar-refractivity contribution in [2.45, 2.75) is 19.8 Å². The van der Waals surface area contributed by atoms with E-state index in [4.69, 9.17) is 4.74 Å². The zero-order valence-electron chi connectivity index (χ0n) is 8.38. The Labute approximate surface area is 97.0 Å². The molecular formula is C9H18INO2. The number of hydrogen-bond acceptors (Lipinski definition) is 2. The molecule has 1 fully saturated rings. The lowest BCUT2D eigenvalue weighted by Crippen LogP contribution is -3.00. The smallest absolute Gasteiger partial charge is 0.302 e. The molecular weight excluding hydrogens is 281 g/mol. The molecule has 1 saturated heterocycles. The van der Waals surface area contributed by atoms with Gasteiger partial charge in [-0.25, -0.2) is 0 Å². The number of nitrogens with zero attached hydrogens (tertiary/aromatic N) is 1. The first-order valence-corrected chi connectivity index (χ1v) is 4.59. The number of halogens is 1. The zero-order valence-corrected chi connectivity index (χ0v) is 10.5. The van der Waals surface area contributed by atoms with E-state index in [9.17, 15) is 4.79 Å². The minimum Gasteiger partial charge on any atom is -1.00 e. The number of quaternary nitrogens is 1. The normalized spacial score (nSPS) is 19.2. The van der Waals surface area contributed by atoms with Crippen molar-refractivity contribution in [2.24, 2.45) is 0 Å². The van der Waals surface area contributed by atoms with Crippen molar-refractivity contribution in [1.82, 2.24) is 0 Å². The molecule has 3 nitrogen and oxygen atoms in total. The number of ether oxygens (including phenoxy) is 1. The maximum Gasteiger partial charge on any atom is 0.302 e. The summed E-state index contributed by atoms with van der Waals surface area (Å²) in [5.41, 5.74) is 0. The van der Waals surface area contributed by atoms with Crippen LogP contribution in [0.2, 0.25) is 0 Å². The molecule has 1 aliphatic heterocycles. The minimum atomic E-state index is -0.166. The lowest BCUT2D eigenvalue weighted by Gasteiger charge is -2.28. The lowest BCUT2D eigenvalue weighted by molar-refractivity contribution is -0.897. The number of esters is 1. The zero-order chi connectivity index (χ0) is 9.03. The van der Waals surface area contributed by atoms with Gasteiger partial charge in [0.15, 0.2) is 0 Å². The molecule has 0 amide bonds. The van der Waals surface area contributed by atoms with Gasteiger partial charge >= 0.3 is 5.97 Å². The Morgan fingerprint density at radius 3 is 2.38 bits per heavy atom. The van der Waals surface area contributed by atoms with Crippen LogP contribution in [0.25, 0.3) is 0 Å². The van der Waals surface area contributed by atoms with Crippen molar-refractivity contribution < 1.29 is 38.0 Å². The standard InChI is InChI=1S/C9H18NO2.HI/c1-9(11)12-8-7-10(2)5-3-4-6-10;/h3-8H2,1-2H3;1H/q+1;/p-1. The number of carbonyl (C=O) groups is 1. The van der Waals surface area contributed by atoms with E-state index < -0.39 is 0 Å². The van der Waals surface area contributed by atoms with Gasteiger partial charge in [0.25, 0.3) is 0 Å². The van der Waals surface area contributed by atoms with Crippen LogP contribution in [-0.4, -0.2) is 43.7 Å². The Hall–Kier alpha value is 0.160. The van der Waals surface area contributed by atoms with Gasteiger partial charge in [0.1, 0.15) is 13.2 Å². The van der Waals surface area contributed by atoms with Crippen LogP contribution in [0.5, 0.6) is 0 Å². The summed E-state index contributed by atoms with van der Waals surface area (Å²) in [6.45, 7) is 5.48. The molecule has 0 unspecified atom stereocenters. The van der Waals surface area contributed by atoms with Crippen molar-refractivity contribution in [3.05, 3.63) is 0 Å². The van der Waals surface area contributed by atoms with Crippen LogP contribution in [-0.2, 0) is 9.53 Å². The van der Waals surface area contributed by atoms with E-state index in [0.29, 0.717) is 6.61 Å². The molecule has 0 N–H and O–H groups in total. The average molecular weight is 299 g/mol. The largest absolute Gasteiger partial charge is 1.00 e. The van der Waals surface area contributed by atoms with Gasteiger partial charge in [-0.05, 0) is 0 Å². The van der Waals surface area contributed by atoms with Crippen LogP contribution in [0.15, 0.2) is 0 Å². The highest BCUT2D eigenvalue weighted by molar-refractivity contribution is 5.65. The summed E-state index contributed by atoms with van der Waals surface area (Å²) in [7, 11) is 2.23. The molecule has 0 atom stereocenters. The topological polar surface area (TPSA) is 26.3 Å². The average Bonchev–Trinajstić information content (AvgIpc) is 2.35. The van der Waals surface area contributed by atoms with Crippen molar-refractivity contribution in [3.63, 3.8) is 0 Å². The third kappa shape index (κ3) is 4.81. The molecule has 1 rings (SSSR count). The molecule has 0 spiro atoms. The fourth-order valence-corrected chi connectivity index (χ4v) is 1.73. The summed E-state index contributed by atoms with van der Waals surface area (Å²) in [6.07, 6.45) is 2.63. The Kier molecular flexibility index (Phi) is 5.87. The molecule has 0 bridgehead atoms. The van der Waals surface area contributed by atoms with Crippen LogP contribution in [0.4, 0.5) is 0 Å². The summed E-state index contributed by atoms with van der Waals surface area (Å²) in [5, 5.41) is 0. The SMILES string of the molecule is CC(=O)OCC[N+]1(C)CCCC1.[I-]. The van der Waals surface area contributed by atoms with Crippen molar-refractivity contribution >= 4 is 5.97 Å². The first-order chi connectivity index (χ1) is 5.62. The highest BCUT2D eigenvalue weighted by Gasteiger charge is 2.26. The molecule has 4 heteroatoms. The van der Waals surface area contributed by atoms with Gasteiger partial charge in [-0.3, -0.25) is 4.79 Å². The van der Waals surface area contributed by atoms with Gasteiger partial charge in [-0.2, -0.15) is 0 Å². The van der Waals surface area contributed by atoms with Gasteiger partial charge in [-0.1, -0.05) is 0 Å². The summed E-state index contributed by atoms with van der Waals surface area (Å²) < 4.78 is 5.99. The van der Waals surface area contributed by atoms with Gasteiger partial charge < -0.3 is 33.2 Å². The quantitative estimate of drug-likeness (QED) is 0.336. The summed E-state index contributed by atoms with van der Waals surface area (Å²) in [5.74, 6) is -0.166. The number of carbonyl (C=O) groups excluding carboxylic acids is 1. The Morgan fingerprint density at radius 2 is 1.92 bits per heavy atom. The van der Waals surface area contributed by atoms with Crippen molar-refractivity contribution in [2.75, 3.05) is 33.3 Å². The second-order valence-corrected chi connectivity index (χ2v) is 3.84. The predicted octanol–water partition coefficient (Wildman–Crippen LogP) is -2.21. The second kappa shape index (κ2) is 5.80. The molecule has 1 aliphatic rings. The van der Waals surface area contributed by atoms with Gasteiger partial charge in [0.2, 0.25) is 0 Å². The molecule has 0 saturated carbocycles. The van der Waals surface area contributed by atoms with E-state index >= 15 is 0 Å². The van der Waals surface area contributed by atoms with E-state index in [1.165, 1.54) is 32.9 Å². The molecule has 0 aliphatic carbocycles. The number of hydrogen-bond donors (Lipinski definition) is 0. The molecule has 1 heterocycles. The molecule has 0 aromatic rings. The van der Waals surface area contributed by atoms with Gasteiger partial charge in [0, 0.05) is 19.8 Å². The van der Waals surface area contributed by atoms with E-state index in [1.807, 2.05) is 0 Å². The van der Waals surface area contributed by atoms with Gasteiger partial charge in [0.05, 0.1) is 20.1 Å². The maximum absolute atomic E-state index is 10.5. The molecule has 13 heavy (non-hydrogen) atoms. The first kappa shape index (κ1) is 13.2. The van der Waals surface area contributed by atoms with Crippen LogP contribution in [0.1, 0.15) is 19.8 Å². The number of rotatable bonds is 3. The highest BCUT2D eigenvalue weighted by Crippen LogP contribution is 2.15. The fraction of sp³-hybridized carbons (Fsp3) is 0.889. The fourth-order valence-electron chi connectivity index (χ4n) is 1.73. The van der Waals surface area contributed by atoms with Crippen molar-refractivity contribution in [1.29, 1.82) is 0 Å². The number of likely N-dealkylation sites (N-methyl/N-ethyl adjacent to an activating group) is 1. The lowest BCUT2D eigenvalue weighted by atomic mass is 10.4. The van der Waals surface area contributed by atoms with Crippen LogP contribution < -0.4 is 24.0 Å². The molecule has 78 valence electrons. The van der Waals surface area contributed by atoms with E-state index in [2.05, 4.69) is 7.05 Å². The second-order valence-electron chi connectivity index (χ2n) is 3.84. The predicted molar refractivity (Wildman–Crippen MR) is 46.7 cm³/mol. The first-order valence-electron chi connectivity index (χ1n) is 4.59. The third-order valence-electron chi connectivity index (χ3n) is 2.58. The van der Waals surface area contributed by atoms with Gasteiger partial charge in [-0.15, -0.1) is 0 Å². The van der Waals surface area contributed by atoms with Crippen LogP contribution >= 0.6 is 0 Å². The Balaban J connectivity index is 0.00000144. The summed E-state index contributed by atoms with van der Waals surface area (Å²) >= 11 is 0. The highest BCUT2D eigenvalue weighted by atomic mass is 127. The molecule has 0 aromatic heterocycles. The molecule has 0 aromatic carbocycles. The van der Waals surface area contributed by atoms with E-state index in [0.717, 1.165) is 11.0 Å².